The molecule has 0 aromatic carbocycles. The van der Waals surface area contributed by atoms with Crippen LogP contribution in [0.1, 0.15) is 6.42 Å². The number of aliphatic carboxylic acids is 1. The summed E-state index contributed by atoms with van der Waals surface area (Å²) in [6.45, 7) is 0. The van der Waals surface area contributed by atoms with Gasteiger partial charge in [0.25, 0.3) is 0 Å². The van der Waals surface area contributed by atoms with Crippen LogP contribution in [0.5, 0.6) is 0 Å². The van der Waals surface area contributed by atoms with Crippen molar-refractivity contribution in [3.8, 4) is 12.3 Å². The smallest absolute Gasteiger partial charge is 0.306 e. The van der Waals surface area contributed by atoms with E-state index in [1.54, 1.807) is 0 Å². The van der Waals surface area contributed by atoms with Gasteiger partial charge in [0.2, 0.25) is 0 Å². The third-order valence-corrected chi connectivity index (χ3v) is 0.865. The average molecular weight is 155 g/mol. The van der Waals surface area contributed by atoms with Gasteiger partial charge in [-0.05, 0) is 0 Å². The fraction of sp³-hybridized carbons (Fsp3) is 0.333. The predicted octanol–water partition coefficient (Wildman–Crippen LogP) is -1.26. The Bertz CT molecular complexity index is 212. The van der Waals surface area contributed by atoms with Crippen molar-refractivity contribution in [3.05, 3.63) is 0 Å². The molecule has 1 atom stereocenters. The van der Waals surface area contributed by atoms with Gasteiger partial charge < -0.3 is 16.6 Å². The van der Waals surface area contributed by atoms with Gasteiger partial charge in [0.05, 0.1) is 6.42 Å². The van der Waals surface area contributed by atoms with Crippen molar-refractivity contribution < 1.29 is 9.90 Å². The Morgan fingerprint density at radius 2 is 2.27 bits per heavy atom. The molecule has 60 valence electrons. The first-order chi connectivity index (χ1) is 5.06. The normalized spacial score (nSPS) is 11.2. The zero-order valence-corrected chi connectivity index (χ0v) is 5.82. The Morgan fingerprint density at radius 3 is 2.55 bits per heavy atom. The van der Waals surface area contributed by atoms with E-state index in [9.17, 15) is 4.79 Å². The summed E-state index contributed by atoms with van der Waals surface area (Å²) in [7, 11) is 0. The van der Waals surface area contributed by atoms with E-state index < -0.39 is 12.0 Å². The van der Waals surface area contributed by atoms with Gasteiger partial charge in [0.1, 0.15) is 6.04 Å². The standard InChI is InChI=1S/C6H9N3O2/c1-2-4(3-5(10)11)9-6(7)8/h1,4H,3H2,(H,10,11)(H4,7,8,9)/t4-/m0/s1. The molecule has 0 aromatic rings. The maximum Gasteiger partial charge on any atom is 0.306 e. The molecule has 0 rings (SSSR count). The highest BCUT2D eigenvalue weighted by atomic mass is 16.4. The van der Waals surface area contributed by atoms with Crippen molar-refractivity contribution >= 4 is 11.9 Å². The van der Waals surface area contributed by atoms with Crippen LogP contribution in [-0.4, -0.2) is 23.1 Å². The van der Waals surface area contributed by atoms with Gasteiger partial charge in [-0.25, -0.2) is 4.99 Å². The number of rotatable bonds is 3. The highest BCUT2D eigenvalue weighted by Gasteiger charge is 2.07. The Hall–Kier alpha value is -1.70. The first kappa shape index (κ1) is 9.30. The van der Waals surface area contributed by atoms with Crippen LogP contribution < -0.4 is 11.5 Å². The SMILES string of the molecule is C#C[C@@H](CC(=O)O)N=C(N)N. The molecule has 0 aliphatic heterocycles. The van der Waals surface area contributed by atoms with Crippen LogP contribution in [0.2, 0.25) is 0 Å². The second-order valence-corrected chi connectivity index (χ2v) is 1.83. The minimum Gasteiger partial charge on any atom is -0.481 e. The van der Waals surface area contributed by atoms with Crippen molar-refractivity contribution in [2.75, 3.05) is 0 Å². The largest absolute Gasteiger partial charge is 0.481 e. The van der Waals surface area contributed by atoms with Crippen LogP contribution in [0.3, 0.4) is 0 Å². The van der Waals surface area contributed by atoms with E-state index in [-0.39, 0.29) is 12.4 Å². The summed E-state index contributed by atoms with van der Waals surface area (Å²) < 4.78 is 0. The molecule has 0 radical (unpaired) electrons. The fourth-order valence-corrected chi connectivity index (χ4v) is 0.487. The second-order valence-electron chi connectivity index (χ2n) is 1.83. The summed E-state index contributed by atoms with van der Waals surface area (Å²) >= 11 is 0. The van der Waals surface area contributed by atoms with Gasteiger partial charge >= 0.3 is 5.97 Å². The van der Waals surface area contributed by atoms with Crippen molar-refractivity contribution in [2.45, 2.75) is 12.5 Å². The number of terminal acetylenes is 1. The molecule has 0 saturated carbocycles. The molecule has 0 bridgehead atoms. The Labute approximate surface area is 64.1 Å². The lowest BCUT2D eigenvalue weighted by molar-refractivity contribution is -0.137. The van der Waals surface area contributed by atoms with Gasteiger partial charge in [-0.2, -0.15) is 0 Å². The van der Waals surface area contributed by atoms with E-state index in [0.717, 1.165) is 0 Å². The lowest BCUT2D eigenvalue weighted by atomic mass is 10.2. The molecule has 0 spiro atoms. The van der Waals surface area contributed by atoms with Crippen molar-refractivity contribution in [3.63, 3.8) is 0 Å². The van der Waals surface area contributed by atoms with Gasteiger partial charge in [0.15, 0.2) is 5.96 Å². The summed E-state index contributed by atoms with van der Waals surface area (Å²) in [4.78, 5) is 13.6. The zero-order chi connectivity index (χ0) is 8.85. The third-order valence-electron chi connectivity index (χ3n) is 0.865. The van der Waals surface area contributed by atoms with Gasteiger partial charge in [0, 0.05) is 0 Å². The Morgan fingerprint density at radius 1 is 1.73 bits per heavy atom. The number of nitrogens with zero attached hydrogens (tertiary/aromatic N) is 1. The first-order valence-corrected chi connectivity index (χ1v) is 2.83. The van der Waals surface area contributed by atoms with E-state index >= 15 is 0 Å². The number of hydrogen-bond donors (Lipinski definition) is 3. The van der Waals surface area contributed by atoms with Crippen LogP contribution in [-0.2, 0) is 4.79 Å². The van der Waals surface area contributed by atoms with Crippen LogP contribution in [0.25, 0.3) is 0 Å². The van der Waals surface area contributed by atoms with E-state index in [1.807, 2.05) is 0 Å². The van der Waals surface area contributed by atoms with Crippen molar-refractivity contribution in [1.82, 2.24) is 0 Å². The van der Waals surface area contributed by atoms with Crippen LogP contribution in [0.4, 0.5) is 0 Å². The highest BCUT2D eigenvalue weighted by molar-refractivity contribution is 5.77. The van der Waals surface area contributed by atoms with Crippen LogP contribution >= 0.6 is 0 Å². The summed E-state index contributed by atoms with van der Waals surface area (Å²) in [6.07, 6.45) is 4.68. The molecule has 0 fully saturated rings. The van der Waals surface area contributed by atoms with Gasteiger partial charge in [-0.15, -0.1) is 6.42 Å². The molecule has 0 unspecified atom stereocenters. The third kappa shape index (κ3) is 4.78. The predicted molar refractivity (Wildman–Crippen MR) is 40.7 cm³/mol. The number of carbonyl (C=O) groups is 1. The maximum absolute atomic E-state index is 10.1. The summed E-state index contributed by atoms with van der Waals surface area (Å²) in [5, 5.41) is 8.28. The molecular formula is C6H9N3O2. The number of carboxylic acids is 1. The molecular weight excluding hydrogens is 146 g/mol. The van der Waals surface area contributed by atoms with Crippen LogP contribution in [0, 0.1) is 12.3 Å². The molecule has 5 nitrogen and oxygen atoms in total. The summed E-state index contributed by atoms with van der Waals surface area (Å²) in [5.41, 5.74) is 9.97. The Balaban J connectivity index is 4.11. The minimum atomic E-state index is -1.03. The number of aliphatic imine (C=N–C) groups is 1. The molecule has 5 N–H and O–H groups in total. The summed E-state index contributed by atoms with van der Waals surface area (Å²) in [6, 6.07) is -0.766. The summed E-state index contributed by atoms with van der Waals surface area (Å²) in [5.74, 6) is 0.907. The molecule has 0 aliphatic rings. The van der Waals surface area contributed by atoms with E-state index in [0.29, 0.717) is 0 Å². The topological polar surface area (TPSA) is 102 Å². The maximum atomic E-state index is 10.1. The van der Waals surface area contributed by atoms with Crippen molar-refractivity contribution in [1.29, 1.82) is 0 Å². The molecule has 11 heavy (non-hydrogen) atoms. The second kappa shape index (κ2) is 4.17. The lowest BCUT2D eigenvalue weighted by Crippen LogP contribution is -2.25. The molecule has 5 heteroatoms. The zero-order valence-electron chi connectivity index (χ0n) is 5.82. The quantitative estimate of drug-likeness (QED) is 0.269. The molecule has 0 saturated heterocycles. The molecule has 0 aromatic heterocycles. The Kier molecular flexibility index (Phi) is 3.52. The monoisotopic (exact) mass is 155 g/mol. The van der Waals surface area contributed by atoms with Gasteiger partial charge in [-0.3, -0.25) is 4.79 Å². The van der Waals surface area contributed by atoms with E-state index in [1.165, 1.54) is 0 Å². The highest BCUT2D eigenvalue weighted by Crippen LogP contribution is 1.94. The number of hydrogen-bond acceptors (Lipinski definition) is 2. The van der Waals surface area contributed by atoms with E-state index in [4.69, 9.17) is 23.0 Å². The first-order valence-electron chi connectivity index (χ1n) is 2.83. The van der Waals surface area contributed by atoms with Gasteiger partial charge in [-0.1, -0.05) is 5.92 Å². The number of carboxylic acid groups (broad SMARTS) is 1. The minimum absolute atomic E-state index is 0.200. The molecule has 0 amide bonds. The molecule has 0 heterocycles. The average Bonchev–Trinajstić information content (AvgIpc) is 1.84. The van der Waals surface area contributed by atoms with E-state index in [2.05, 4.69) is 10.9 Å². The number of guanidine groups is 1. The number of nitrogens with two attached hydrogens (primary N) is 2. The van der Waals surface area contributed by atoms with Crippen LogP contribution in [0.15, 0.2) is 4.99 Å². The molecule has 0 aliphatic carbocycles. The fourth-order valence-electron chi connectivity index (χ4n) is 0.487. The van der Waals surface area contributed by atoms with Crippen molar-refractivity contribution in [2.24, 2.45) is 16.5 Å². The lowest BCUT2D eigenvalue weighted by Gasteiger charge is -2.00.